The molecule has 1 aliphatic rings. The van der Waals surface area contributed by atoms with Crippen molar-refractivity contribution in [2.45, 2.75) is 18.5 Å². The van der Waals surface area contributed by atoms with E-state index in [1.807, 2.05) is 18.2 Å². The fraction of sp³-hybridized carbons (Fsp3) is 0.333. The van der Waals surface area contributed by atoms with Crippen LogP contribution in [0.2, 0.25) is 0 Å². The van der Waals surface area contributed by atoms with Crippen LogP contribution in [0.25, 0.3) is 0 Å². The van der Waals surface area contributed by atoms with Crippen LogP contribution in [-0.4, -0.2) is 19.3 Å². The Labute approximate surface area is 107 Å². The van der Waals surface area contributed by atoms with E-state index in [2.05, 4.69) is 29.6 Å². The third-order valence-corrected chi connectivity index (χ3v) is 3.29. The molecule has 1 aromatic carbocycles. The molecule has 3 heteroatoms. The second kappa shape index (κ2) is 5.38. The van der Waals surface area contributed by atoms with Gasteiger partial charge in [-0.15, -0.1) is 0 Å². The van der Waals surface area contributed by atoms with Crippen molar-refractivity contribution in [3.63, 3.8) is 0 Å². The lowest BCUT2D eigenvalue weighted by molar-refractivity contribution is 0.188. The van der Waals surface area contributed by atoms with Crippen LogP contribution in [0.4, 0.5) is 0 Å². The minimum absolute atomic E-state index is 0.105. The zero-order valence-electron chi connectivity index (χ0n) is 10.2. The molecule has 1 N–H and O–H groups in total. The van der Waals surface area contributed by atoms with Gasteiger partial charge in [0.15, 0.2) is 0 Å². The Morgan fingerprint density at radius 1 is 1.11 bits per heavy atom. The summed E-state index contributed by atoms with van der Waals surface area (Å²) in [5.74, 6) is 0.952. The quantitative estimate of drug-likeness (QED) is 0.896. The summed E-state index contributed by atoms with van der Waals surface area (Å²) in [6.07, 6.45) is 2.78. The Morgan fingerprint density at radius 2 is 2.00 bits per heavy atom. The molecule has 1 fully saturated rings. The van der Waals surface area contributed by atoms with E-state index in [1.54, 1.807) is 6.26 Å². The molecule has 2 atom stereocenters. The van der Waals surface area contributed by atoms with E-state index in [1.165, 1.54) is 5.56 Å². The highest BCUT2D eigenvalue weighted by molar-refractivity contribution is 5.26. The van der Waals surface area contributed by atoms with E-state index in [-0.39, 0.29) is 6.04 Å². The Morgan fingerprint density at radius 3 is 2.67 bits per heavy atom. The van der Waals surface area contributed by atoms with Crippen molar-refractivity contribution in [3.05, 3.63) is 60.1 Å². The third kappa shape index (κ3) is 2.47. The molecule has 2 heterocycles. The predicted molar refractivity (Wildman–Crippen MR) is 69.4 cm³/mol. The fourth-order valence-electron chi connectivity index (χ4n) is 2.35. The molecule has 94 valence electrons. The standard InChI is InChI=1S/C15H17NO2/c1-2-5-12(6-3-1)15(14-7-4-9-18-14)16-13-8-10-17-11-13/h1-7,9,13,15-16H,8,10-11H2. The van der Waals surface area contributed by atoms with Crippen LogP contribution in [0.15, 0.2) is 53.1 Å². The van der Waals surface area contributed by atoms with Crippen LogP contribution in [0, 0.1) is 0 Å². The van der Waals surface area contributed by atoms with Gasteiger partial charge in [-0.3, -0.25) is 5.32 Å². The van der Waals surface area contributed by atoms with Gasteiger partial charge in [0.2, 0.25) is 0 Å². The SMILES string of the molecule is c1ccc(C(NC2CCOC2)c2ccco2)cc1. The van der Waals surface area contributed by atoms with Crippen molar-refractivity contribution in [3.8, 4) is 0 Å². The first-order valence-electron chi connectivity index (χ1n) is 6.35. The van der Waals surface area contributed by atoms with Gasteiger partial charge in [-0.2, -0.15) is 0 Å². The van der Waals surface area contributed by atoms with Gasteiger partial charge in [-0.25, -0.2) is 0 Å². The Hall–Kier alpha value is -1.58. The van der Waals surface area contributed by atoms with Crippen molar-refractivity contribution in [1.82, 2.24) is 5.32 Å². The molecule has 3 rings (SSSR count). The lowest BCUT2D eigenvalue weighted by atomic mass is 10.0. The predicted octanol–water partition coefficient (Wildman–Crippen LogP) is 2.75. The molecular weight excluding hydrogens is 226 g/mol. The molecule has 0 aliphatic carbocycles. The molecule has 3 nitrogen and oxygen atoms in total. The smallest absolute Gasteiger partial charge is 0.125 e. The van der Waals surface area contributed by atoms with Gasteiger partial charge < -0.3 is 9.15 Å². The number of hydrogen-bond donors (Lipinski definition) is 1. The van der Waals surface area contributed by atoms with E-state index < -0.39 is 0 Å². The first-order chi connectivity index (χ1) is 8.93. The summed E-state index contributed by atoms with van der Waals surface area (Å²) in [6.45, 7) is 1.63. The summed E-state index contributed by atoms with van der Waals surface area (Å²) in [5.41, 5.74) is 1.22. The van der Waals surface area contributed by atoms with E-state index in [0.29, 0.717) is 6.04 Å². The number of hydrogen-bond acceptors (Lipinski definition) is 3. The van der Waals surface area contributed by atoms with Gasteiger partial charge in [0.05, 0.1) is 18.9 Å². The van der Waals surface area contributed by atoms with Crippen LogP contribution in [0.5, 0.6) is 0 Å². The van der Waals surface area contributed by atoms with E-state index in [4.69, 9.17) is 9.15 Å². The number of furan rings is 1. The highest BCUT2D eigenvalue weighted by Gasteiger charge is 2.23. The van der Waals surface area contributed by atoms with Gasteiger partial charge in [0.1, 0.15) is 5.76 Å². The first kappa shape index (κ1) is 11.5. The summed E-state index contributed by atoms with van der Waals surface area (Å²) in [4.78, 5) is 0. The molecule has 18 heavy (non-hydrogen) atoms. The van der Waals surface area contributed by atoms with Crippen molar-refractivity contribution in [1.29, 1.82) is 0 Å². The normalized spacial score (nSPS) is 21.0. The lowest BCUT2D eigenvalue weighted by Crippen LogP contribution is -2.33. The largest absolute Gasteiger partial charge is 0.467 e. The molecule has 1 saturated heterocycles. The second-order valence-corrected chi connectivity index (χ2v) is 4.59. The molecule has 0 saturated carbocycles. The number of nitrogens with one attached hydrogen (secondary N) is 1. The van der Waals surface area contributed by atoms with Crippen LogP contribution in [0.1, 0.15) is 23.8 Å². The zero-order valence-corrected chi connectivity index (χ0v) is 10.2. The Balaban J connectivity index is 1.84. The van der Waals surface area contributed by atoms with Gasteiger partial charge in [-0.1, -0.05) is 30.3 Å². The molecule has 1 aromatic heterocycles. The highest BCUT2D eigenvalue weighted by Crippen LogP contribution is 2.24. The summed E-state index contributed by atoms with van der Waals surface area (Å²) >= 11 is 0. The number of ether oxygens (including phenoxy) is 1. The topological polar surface area (TPSA) is 34.4 Å². The molecule has 1 aliphatic heterocycles. The monoisotopic (exact) mass is 243 g/mol. The van der Waals surface area contributed by atoms with E-state index in [0.717, 1.165) is 25.4 Å². The second-order valence-electron chi connectivity index (χ2n) is 4.59. The molecular formula is C15H17NO2. The van der Waals surface area contributed by atoms with Crippen LogP contribution >= 0.6 is 0 Å². The summed E-state index contributed by atoms with van der Waals surface area (Å²) in [5, 5.41) is 3.62. The molecule has 2 aromatic rings. The van der Waals surface area contributed by atoms with Crippen LogP contribution in [0.3, 0.4) is 0 Å². The van der Waals surface area contributed by atoms with Gasteiger partial charge >= 0.3 is 0 Å². The van der Waals surface area contributed by atoms with Crippen molar-refractivity contribution in [2.24, 2.45) is 0 Å². The van der Waals surface area contributed by atoms with Crippen molar-refractivity contribution in [2.75, 3.05) is 13.2 Å². The molecule has 0 radical (unpaired) electrons. The molecule has 0 spiro atoms. The summed E-state index contributed by atoms with van der Waals surface area (Å²) in [6, 6.07) is 14.8. The van der Waals surface area contributed by atoms with Crippen LogP contribution < -0.4 is 5.32 Å². The molecule has 0 amide bonds. The summed E-state index contributed by atoms with van der Waals surface area (Å²) in [7, 11) is 0. The lowest BCUT2D eigenvalue weighted by Gasteiger charge is -2.20. The average molecular weight is 243 g/mol. The first-order valence-corrected chi connectivity index (χ1v) is 6.35. The fourth-order valence-corrected chi connectivity index (χ4v) is 2.35. The maximum atomic E-state index is 5.56. The van der Waals surface area contributed by atoms with Gasteiger partial charge in [-0.05, 0) is 24.1 Å². The van der Waals surface area contributed by atoms with Crippen molar-refractivity contribution >= 4 is 0 Å². The number of rotatable bonds is 4. The zero-order chi connectivity index (χ0) is 12.2. The third-order valence-electron chi connectivity index (χ3n) is 3.29. The molecule has 0 bridgehead atoms. The van der Waals surface area contributed by atoms with E-state index >= 15 is 0 Å². The minimum Gasteiger partial charge on any atom is -0.467 e. The van der Waals surface area contributed by atoms with Crippen LogP contribution in [-0.2, 0) is 4.74 Å². The van der Waals surface area contributed by atoms with Crippen molar-refractivity contribution < 1.29 is 9.15 Å². The number of benzene rings is 1. The van der Waals surface area contributed by atoms with E-state index in [9.17, 15) is 0 Å². The minimum atomic E-state index is 0.105. The Kier molecular flexibility index (Phi) is 3.44. The average Bonchev–Trinajstić information content (AvgIpc) is 3.10. The molecule has 2 unspecified atom stereocenters. The maximum Gasteiger partial charge on any atom is 0.125 e. The summed E-state index contributed by atoms with van der Waals surface area (Å²) < 4.78 is 11.0. The maximum absolute atomic E-state index is 5.56. The van der Waals surface area contributed by atoms with Gasteiger partial charge in [0.25, 0.3) is 0 Å². The highest BCUT2D eigenvalue weighted by atomic mass is 16.5. The Bertz CT molecular complexity index is 461. The van der Waals surface area contributed by atoms with Gasteiger partial charge in [0, 0.05) is 12.6 Å².